The van der Waals surface area contributed by atoms with Crippen molar-refractivity contribution in [3.63, 3.8) is 0 Å². The van der Waals surface area contributed by atoms with Crippen molar-refractivity contribution in [1.29, 1.82) is 0 Å². The van der Waals surface area contributed by atoms with Gasteiger partial charge in [0.1, 0.15) is 0 Å². The van der Waals surface area contributed by atoms with Gasteiger partial charge in [0.2, 0.25) is 0 Å². The lowest BCUT2D eigenvalue weighted by molar-refractivity contribution is -0.116. The maximum absolute atomic E-state index is 11.7. The number of hydrogen-bond acceptors (Lipinski definition) is 3. The highest BCUT2D eigenvalue weighted by Gasteiger charge is 2.28. The van der Waals surface area contributed by atoms with Gasteiger partial charge in [-0.05, 0) is 25.3 Å². The molecule has 1 heterocycles. The summed E-state index contributed by atoms with van der Waals surface area (Å²) in [5.41, 5.74) is 1.21. The number of amides is 1. The first-order valence-electron chi connectivity index (χ1n) is 7.32. The molecule has 4 heteroatoms. The summed E-state index contributed by atoms with van der Waals surface area (Å²) >= 11 is 0. The number of carbonyl (C=O) groups excluding carboxylic acids is 1. The first-order valence-corrected chi connectivity index (χ1v) is 7.32. The zero-order valence-corrected chi connectivity index (χ0v) is 12.6. The fraction of sp³-hybridized carbons (Fsp3) is 0.471. The first-order chi connectivity index (χ1) is 10.2. The van der Waals surface area contributed by atoms with Gasteiger partial charge in [-0.25, -0.2) is 0 Å². The molecule has 1 aliphatic heterocycles. The standard InChI is InChI=1S/C17H22N2O2/c1-3-7-16(20)18-14(2)17(15-8-5-4-6-9-15)19-10-12-21-13-11-19/h4-6,8-9,14,17H,10-13H2,1-2H3,(H,18,20). The lowest BCUT2D eigenvalue weighted by Gasteiger charge is -2.38. The fourth-order valence-electron chi connectivity index (χ4n) is 2.76. The molecule has 1 amide bonds. The van der Waals surface area contributed by atoms with Crippen LogP contribution >= 0.6 is 0 Å². The molecule has 1 aromatic carbocycles. The number of rotatable bonds is 4. The number of morpholine rings is 1. The van der Waals surface area contributed by atoms with E-state index in [1.807, 2.05) is 25.1 Å². The van der Waals surface area contributed by atoms with Crippen LogP contribution in [0.15, 0.2) is 30.3 Å². The van der Waals surface area contributed by atoms with Crippen molar-refractivity contribution >= 4 is 5.91 Å². The lowest BCUT2D eigenvalue weighted by atomic mass is 9.98. The molecule has 0 aromatic heterocycles. The van der Waals surface area contributed by atoms with Gasteiger partial charge in [-0.1, -0.05) is 36.3 Å². The summed E-state index contributed by atoms with van der Waals surface area (Å²) in [5.74, 6) is 4.95. The Morgan fingerprint density at radius 1 is 1.29 bits per heavy atom. The molecule has 2 atom stereocenters. The maximum atomic E-state index is 11.7. The zero-order chi connectivity index (χ0) is 15.1. The Morgan fingerprint density at radius 2 is 1.95 bits per heavy atom. The van der Waals surface area contributed by atoms with Crippen LogP contribution in [0, 0.1) is 11.8 Å². The fourth-order valence-corrected chi connectivity index (χ4v) is 2.76. The number of ether oxygens (including phenoxy) is 1. The molecule has 4 nitrogen and oxygen atoms in total. The summed E-state index contributed by atoms with van der Waals surface area (Å²) in [5, 5.41) is 2.98. The minimum atomic E-state index is -0.223. The number of hydrogen-bond donors (Lipinski definition) is 1. The molecule has 0 saturated carbocycles. The van der Waals surface area contributed by atoms with Crippen molar-refractivity contribution < 1.29 is 9.53 Å². The molecule has 1 fully saturated rings. The van der Waals surface area contributed by atoms with Crippen LogP contribution < -0.4 is 5.32 Å². The third-order valence-electron chi connectivity index (χ3n) is 3.65. The summed E-state index contributed by atoms with van der Waals surface area (Å²) in [7, 11) is 0. The van der Waals surface area contributed by atoms with Crippen LogP contribution in [0.3, 0.4) is 0 Å². The van der Waals surface area contributed by atoms with Crippen molar-refractivity contribution in [2.75, 3.05) is 26.3 Å². The molecule has 1 aromatic rings. The highest BCUT2D eigenvalue weighted by atomic mass is 16.5. The molecule has 21 heavy (non-hydrogen) atoms. The SMILES string of the molecule is CC#CC(=O)NC(C)C(c1ccccc1)N1CCOCC1. The molecule has 112 valence electrons. The molecular formula is C17H22N2O2. The van der Waals surface area contributed by atoms with E-state index in [-0.39, 0.29) is 18.0 Å². The monoisotopic (exact) mass is 286 g/mol. The first kappa shape index (κ1) is 15.6. The third kappa shape index (κ3) is 4.32. The minimum Gasteiger partial charge on any atom is -0.379 e. The number of nitrogens with one attached hydrogen (secondary N) is 1. The van der Waals surface area contributed by atoms with E-state index in [1.165, 1.54) is 5.56 Å². The van der Waals surface area contributed by atoms with Gasteiger partial charge in [0, 0.05) is 19.1 Å². The summed E-state index contributed by atoms with van der Waals surface area (Å²) in [4.78, 5) is 14.1. The van der Waals surface area contributed by atoms with Gasteiger partial charge in [0.15, 0.2) is 0 Å². The Morgan fingerprint density at radius 3 is 2.57 bits per heavy atom. The van der Waals surface area contributed by atoms with Crippen molar-refractivity contribution in [1.82, 2.24) is 10.2 Å². The quantitative estimate of drug-likeness (QED) is 0.855. The van der Waals surface area contributed by atoms with E-state index in [0.29, 0.717) is 0 Å². The Bertz CT molecular complexity index is 513. The largest absolute Gasteiger partial charge is 0.379 e. The molecule has 1 N–H and O–H groups in total. The van der Waals surface area contributed by atoms with Gasteiger partial charge < -0.3 is 10.1 Å². The Labute approximate surface area is 126 Å². The van der Waals surface area contributed by atoms with E-state index in [9.17, 15) is 4.79 Å². The highest BCUT2D eigenvalue weighted by molar-refractivity contribution is 5.93. The summed E-state index contributed by atoms with van der Waals surface area (Å²) in [6, 6.07) is 10.4. The van der Waals surface area contributed by atoms with E-state index < -0.39 is 0 Å². The Hall–Kier alpha value is -1.83. The van der Waals surface area contributed by atoms with Crippen molar-refractivity contribution in [3.8, 4) is 11.8 Å². The van der Waals surface area contributed by atoms with E-state index in [0.717, 1.165) is 26.3 Å². The van der Waals surface area contributed by atoms with Crippen LogP contribution in [-0.4, -0.2) is 43.2 Å². The van der Waals surface area contributed by atoms with Crippen molar-refractivity contribution in [2.45, 2.75) is 25.9 Å². The zero-order valence-electron chi connectivity index (χ0n) is 12.6. The number of benzene rings is 1. The third-order valence-corrected chi connectivity index (χ3v) is 3.65. The molecule has 0 aliphatic carbocycles. The number of carbonyl (C=O) groups is 1. The number of nitrogens with zero attached hydrogens (tertiary/aromatic N) is 1. The smallest absolute Gasteiger partial charge is 0.296 e. The summed E-state index contributed by atoms with van der Waals surface area (Å²) in [6.07, 6.45) is 0. The molecule has 2 unspecified atom stereocenters. The van der Waals surface area contributed by atoms with Crippen LogP contribution in [0.25, 0.3) is 0 Å². The maximum Gasteiger partial charge on any atom is 0.296 e. The van der Waals surface area contributed by atoms with Gasteiger partial charge in [-0.15, -0.1) is 0 Å². The van der Waals surface area contributed by atoms with Gasteiger partial charge in [-0.3, -0.25) is 9.69 Å². The van der Waals surface area contributed by atoms with Crippen LogP contribution in [0.2, 0.25) is 0 Å². The van der Waals surface area contributed by atoms with Gasteiger partial charge in [-0.2, -0.15) is 0 Å². The molecule has 0 radical (unpaired) electrons. The van der Waals surface area contributed by atoms with Crippen LogP contribution in [0.4, 0.5) is 0 Å². The van der Waals surface area contributed by atoms with Gasteiger partial charge in [0.05, 0.1) is 19.3 Å². The second-order valence-corrected chi connectivity index (χ2v) is 5.14. The molecule has 0 spiro atoms. The Balaban J connectivity index is 2.18. The topological polar surface area (TPSA) is 41.6 Å². The van der Waals surface area contributed by atoms with Gasteiger partial charge in [0.25, 0.3) is 5.91 Å². The van der Waals surface area contributed by atoms with Gasteiger partial charge >= 0.3 is 0 Å². The molecule has 2 rings (SSSR count). The van der Waals surface area contributed by atoms with E-state index in [1.54, 1.807) is 6.92 Å². The van der Waals surface area contributed by atoms with Crippen LogP contribution in [0.5, 0.6) is 0 Å². The normalized spacial score (nSPS) is 18.2. The predicted molar refractivity (Wildman–Crippen MR) is 82.6 cm³/mol. The molecular weight excluding hydrogens is 264 g/mol. The van der Waals surface area contributed by atoms with Crippen molar-refractivity contribution in [3.05, 3.63) is 35.9 Å². The van der Waals surface area contributed by atoms with Crippen LogP contribution in [0.1, 0.15) is 25.5 Å². The van der Waals surface area contributed by atoms with Crippen LogP contribution in [-0.2, 0) is 9.53 Å². The molecule has 1 saturated heterocycles. The second kappa shape index (κ2) is 7.82. The van der Waals surface area contributed by atoms with E-state index in [2.05, 4.69) is 34.2 Å². The average molecular weight is 286 g/mol. The highest BCUT2D eigenvalue weighted by Crippen LogP contribution is 2.25. The second-order valence-electron chi connectivity index (χ2n) is 5.14. The summed E-state index contributed by atoms with van der Waals surface area (Å²) < 4.78 is 5.43. The lowest BCUT2D eigenvalue weighted by Crippen LogP contribution is -2.48. The minimum absolute atomic E-state index is 0.0150. The van der Waals surface area contributed by atoms with Crippen molar-refractivity contribution in [2.24, 2.45) is 0 Å². The predicted octanol–water partition coefficient (Wildman–Crippen LogP) is 1.59. The molecule has 0 bridgehead atoms. The average Bonchev–Trinajstić information content (AvgIpc) is 2.50. The summed E-state index contributed by atoms with van der Waals surface area (Å²) in [6.45, 7) is 6.92. The van der Waals surface area contributed by atoms with E-state index in [4.69, 9.17) is 4.74 Å². The van der Waals surface area contributed by atoms with E-state index >= 15 is 0 Å². The molecule has 1 aliphatic rings. The Kier molecular flexibility index (Phi) is 5.79.